The van der Waals surface area contributed by atoms with Crippen molar-refractivity contribution in [2.24, 2.45) is 7.05 Å². The molecule has 13 heavy (non-hydrogen) atoms. The lowest BCUT2D eigenvalue weighted by atomic mass is 10.4. The Balaban J connectivity index is 2.81. The summed E-state index contributed by atoms with van der Waals surface area (Å²) < 4.78 is 1.75. The van der Waals surface area contributed by atoms with Crippen molar-refractivity contribution in [3.63, 3.8) is 0 Å². The Labute approximate surface area is 75.2 Å². The molecule has 0 radical (unpaired) electrons. The van der Waals surface area contributed by atoms with Crippen molar-refractivity contribution < 1.29 is 4.79 Å². The van der Waals surface area contributed by atoms with Crippen molar-refractivity contribution in [2.45, 2.75) is 6.92 Å². The molecule has 0 saturated heterocycles. The van der Waals surface area contributed by atoms with Crippen LogP contribution in [0.2, 0.25) is 0 Å². The van der Waals surface area contributed by atoms with Gasteiger partial charge in [0.05, 0.1) is 17.2 Å². The summed E-state index contributed by atoms with van der Waals surface area (Å²) in [5.74, 6) is 0.446. The van der Waals surface area contributed by atoms with Crippen molar-refractivity contribution in [2.75, 3.05) is 0 Å². The minimum absolute atomic E-state index is 0.0290. The summed E-state index contributed by atoms with van der Waals surface area (Å²) in [7, 11) is 1.81. The Morgan fingerprint density at radius 3 is 2.92 bits per heavy atom. The van der Waals surface area contributed by atoms with Gasteiger partial charge in [0, 0.05) is 20.2 Å². The second kappa shape index (κ2) is 2.65. The smallest absolute Gasteiger partial charge is 0.195 e. The van der Waals surface area contributed by atoms with Gasteiger partial charge < -0.3 is 4.57 Å². The summed E-state index contributed by atoms with van der Waals surface area (Å²) >= 11 is 0. The number of fused-ring (bicyclic) bond motifs is 1. The fraction of sp³-hybridized carbons (Fsp3) is 0.222. The third kappa shape index (κ3) is 1.11. The molecule has 0 N–H and O–H groups in total. The SMILES string of the molecule is CC(=O)c1nc2ccncc2n1C. The molecule has 0 aromatic carbocycles. The number of hydrogen-bond donors (Lipinski definition) is 0. The zero-order valence-electron chi connectivity index (χ0n) is 7.48. The van der Waals surface area contributed by atoms with Gasteiger partial charge in [-0.05, 0) is 6.07 Å². The Bertz CT molecular complexity index is 473. The molecule has 0 atom stereocenters. The Kier molecular flexibility index (Phi) is 1.62. The molecule has 0 unspecified atom stereocenters. The maximum Gasteiger partial charge on any atom is 0.195 e. The number of ketones is 1. The van der Waals surface area contributed by atoms with Crippen LogP contribution < -0.4 is 0 Å². The van der Waals surface area contributed by atoms with Crippen LogP contribution >= 0.6 is 0 Å². The van der Waals surface area contributed by atoms with E-state index < -0.39 is 0 Å². The van der Waals surface area contributed by atoms with Crippen LogP contribution in [0.1, 0.15) is 17.5 Å². The van der Waals surface area contributed by atoms with Crippen molar-refractivity contribution >= 4 is 16.8 Å². The van der Waals surface area contributed by atoms with Crippen LogP contribution in [0.25, 0.3) is 11.0 Å². The third-order valence-corrected chi connectivity index (χ3v) is 2.00. The van der Waals surface area contributed by atoms with Gasteiger partial charge in [-0.15, -0.1) is 0 Å². The van der Waals surface area contributed by atoms with E-state index in [0.717, 1.165) is 11.0 Å². The molecule has 0 spiro atoms. The number of rotatable bonds is 1. The van der Waals surface area contributed by atoms with Crippen LogP contribution in [-0.4, -0.2) is 20.3 Å². The van der Waals surface area contributed by atoms with E-state index in [-0.39, 0.29) is 5.78 Å². The fourth-order valence-corrected chi connectivity index (χ4v) is 1.35. The monoisotopic (exact) mass is 175 g/mol. The summed E-state index contributed by atoms with van der Waals surface area (Å²) in [5.41, 5.74) is 1.69. The summed E-state index contributed by atoms with van der Waals surface area (Å²) in [6.45, 7) is 1.51. The average Bonchev–Trinajstić information content (AvgIpc) is 2.45. The van der Waals surface area contributed by atoms with E-state index in [4.69, 9.17) is 0 Å². The zero-order valence-corrected chi connectivity index (χ0v) is 7.48. The van der Waals surface area contributed by atoms with Gasteiger partial charge in [0.1, 0.15) is 0 Å². The summed E-state index contributed by atoms with van der Waals surface area (Å²) in [5, 5.41) is 0. The second-order valence-corrected chi connectivity index (χ2v) is 2.92. The van der Waals surface area contributed by atoms with Crippen molar-refractivity contribution in [1.29, 1.82) is 0 Å². The molecule has 0 fully saturated rings. The highest BCUT2D eigenvalue weighted by Gasteiger charge is 2.10. The maximum atomic E-state index is 11.1. The highest BCUT2D eigenvalue weighted by atomic mass is 16.1. The molecule has 0 aliphatic heterocycles. The highest BCUT2D eigenvalue weighted by molar-refractivity contribution is 5.94. The molecule has 0 bridgehead atoms. The van der Waals surface area contributed by atoms with Gasteiger partial charge in [0.2, 0.25) is 0 Å². The summed E-state index contributed by atoms with van der Waals surface area (Å²) in [6, 6.07) is 1.79. The van der Waals surface area contributed by atoms with Gasteiger partial charge >= 0.3 is 0 Å². The Morgan fingerprint density at radius 1 is 1.54 bits per heavy atom. The molecule has 0 aliphatic carbocycles. The van der Waals surface area contributed by atoms with Crippen LogP contribution in [-0.2, 0) is 7.05 Å². The zero-order chi connectivity index (χ0) is 9.42. The number of pyridine rings is 1. The quantitative estimate of drug-likeness (QED) is 0.611. The molecular formula is C9H9N3O. The average molecular weight is 175 g/mol. The third-order valence-electron chi connectivity index (χ3n) is 2.00. The molecule has 2 heterocycles. The van der Waals surface area contributed by atoms with E-state index in [1.54, 1.807) is 23.0 Å². The maximum absolute atomic E-state index is 11.1. The largest absolute Gasteiger partial charge is 0.323 e. The predicted molar refractivity (Wildman–Crippen MR) is 48.5 cm³/mol. The van der Waals surface area contributed by atoms with E-state index >= 15 is 0 Å². The number of aromatic nitrogens is 3. The van der Waals surface area contributed by atoms with Crippen LogP contribution in [0.3, 0.4) is 0 Å². The standard InChI is InChI=1S/C9H9N3O/c1-6(13)9-11-7-3-4-10-5-8(7)12(9)2/h3-5H,1-2H3. The molecule has 0 saturated carbocycles. The number of carbonyl (C=O) groups is 1. The molecule has 2 rings (SSSR count). The predicted octanol–water partition coefficient (Wildman–Crippen LogP) is 1.17. The Hall–Kier alpha value is -1.71. The van der Waals surface area contributed by atoms with Gasteiger partial charge in [-0.3, -0.25) is 9.78 Å². The van der Waals surface area contributed by atoms with E-state index in [1.807, 2.05) is 7.05 Å². The molecule has 4 nitrogen and oxygen atoms in total. The summed E-state index contributed by atoms with van der Waals surface area (Å²) in [6.07, 6.45) is 3.37. The van der Waals surface area contributed by atoms with Crippen LogP contribution in [0.5, 0.6) is 0 Å². The van der Waals surface area contributed by atoms with Crippen molar-refractivity contribution in [3.8, 4) is 0 Å². The molecule has 4 heteroatoms. The van der Waals surface area contributed by atoms with E-state index in [0.29, 0.717) is 5.82 Å². The normalized spacial score (nSPS) is 10.6. The lowest BCUT2D eigenvalue weighted by molar-refractivity contribution is 0.100. The Morgan fingerprint density at radius 2 is 2.31 bits per heavy atom. The second-order valence-electron chi connectivity index (χ2n) is 2.92. The number of Topliss-reactive ketones (excluding diaryl/α,β-unsaturated/α-hetero) is 1. The van der Waals surface area contributed by atoms with E-state index in [9.17, 15) is 4.79 Å². The van der Waals surface area contributed by atoms with Crippen LogP contribution in [0, 0.1) is 0 Å². The first-order chi connectivity index (χ1) is 6.20. The molecular weight excluding hydrogens is 166 g/mol. The molecule has 0 aliphatic rings. The van der Waals surface area contributed by atoms with Crippen LogP contribution in [0.15, 0.2) is 18.5 Å². The number of imidazole rings is 1. The fourth-order valence-electron chi connectivity index (χ4n) is 1.35. The number of nitrogens with zero attached hydrogens (tertiary/aromatic N) is 3. The topological polar surface area (TPSA) is 47.8 Å². The van der Waals surface area contributed by atoms with Gasteiger partial charge in [0.15, 0.2) is 11.6 Å². The molecule has 66 valence electrons. The number of aryl methyl sites for hydroxylation is 1. The van der Waals surface area contributed by atoms with Gasteiger partial charge in [-0.25, -0.2) is 4.98 Å². The van der Waals surface area contributed by atoms with E-state index in [2.05, 4.69) is 9.97 Å². The first kappa shape index (κ1) is 7.91. The lowest BCUT2D eigenvalue weighted by Gasteiger charge is -1.95. The van der Waals surface area contributed by atoms with Crippen molar-refractivity contribution in [1.82, 2.24) is 14.5 Å². The van der Waals surface area contributed by atoms with Crippen molar-refractivity contribution in [3.05, 3.63) is 24.3 Å². The minimum Gasteiger partial charge on any atom is -0.323 e. The van der Waals surface area contributed by atoms with Gasteiger partial charge in [-0.2, -0.15) is 0 Å². The summed E-state index contributed by atoms with van der Waals surface area (Å²) in [4.78, 5) is 19.3. The molecule has 0 amide bonds. The van der Waals surface area contributed by atoms with E-state index in [1.165, 1.54) is 6.92 Å². The highest BCUT2D eigenvalue weighted by Crippen LogP contribution is 2.12. The number of carbonyl (C=O) groups excluding carboxylic acids is 1. The lowest BCUT2D eigenvalue weighted by Crippen LogP contribution is -2.02. The number of hydrogen-bond acceptors (Lipinski definition) is 3. The van der Waals surface area contributed by atoms with Gasteiger partial charge in [-0.1, -0.05) is 0 Å². The van der Waals surface area contributed by atoms with Crippen LogP contribution in [0.4, 0.5) is 0 Å². The first-order valence-corrected chi connectivity index (χ1v) is 3.97. The molecule has 2 aromatic heterocycles. The first-order valence-electron chi connectivity index (χ1n) is 3.97. The molecule has 2 aromatic rings. The van der Waals surface area contributed by atoms with Gasteiger partial charge in [0.25, 0.3) is 0 Å². The minimum atomic E-state index is -0.0290.